The zero-order valence-corrected chi connectivity index (χ0v) is 13.8. The van der Waals surface area contributed by atoms with Gasteiger partial charge in [-0.1, -0.05) is 12.1 Å². The Hall–Kier alpha value is -1.85. The number of pyridine rings is 1. The van der Waals surface area contributed by atoms with E-state index < -0.39 is 0 Å². The molecule has 2 N–H and O–H groups in total. The summed E-state index contributed by atoms with van der Waals surface area (Å²) in [6.07, 6.45) is 5.23. The van der Waals surface area contributed by atoms with Crippen LogP contribution in [0.4, 0.5) is 11.4 Å². The Balaban J connectivity index is 1.78. The summed E-state index contributed by atoms with van der Waals surface area (Å²) in [4.78, 5) is 9.48. The van der Waals surface area contributed by atoms with Crippen LogP contribution in [0, 0.1) is 0 Å². The fraction of sp³-hybridized carbons (Fsp3) is 0.500. The number of fused-ring (bicyclic) bond motifs is 1. The summed E-state index contributed by atoms with van der Waals surface area (Å²) in [7, 11) is 0. The third-order valence-corrected chi connectivity index (χ3v) is 5.00. The molecule has 0 bridgehead atoms. The lowest BCUT2D eigenvalue weighted by Gasteiger charge is -2.37. The molecule has 5 heteroatoms. The maximum absolute atomic E-state index is 4.56. The van der Waals surface area contributed by atoms with Crippen molar-refractivity contribution in [3.63, 3.8) is 0 Å². The number of rotatable bonds is 2. The molecule has 5 nitrogen and oxygen atoms in total. The molecule has 1 aromatic heterocycles. The van der Waals surface area contributed by atoms with Crippen molar-refractivity contribution in [2.45, 2.75) is 19.4 Å². The van der Waals surface area contributed by atoms with Crippen molar-refractivity contribution < 1.29 is 0 Å². The molecule has 1 atom stereocenters. The number of nitrogens with one attached hydrogen (secondary N) is 2. The summed E-state index contributed by atoms with van der Waals surface area (Å²) >= 11 is 0. The average molecular weight is 311 g/mol. The molecule has 2 aliphatic heterocycles. The molecule has 2 saturated heterocycles. The van der Waals surface area contributed by atoms with Crippen molar-refractivity contribution in [2.24, 2.45) is 0 Å². The Morgan fingerprint density at radius 1 is 1.04 bits per heavy atom. The highest BCUT2D eigenvalue weighted by Gasteiger charge is 2.21. The first kappa shape index (κ1) is 14.7. The minimum Gasteiger partial charge on any atom is -0.366 e. The molecule has 4 rings (SSSR count). The standard InChI is InChI=1S/C18H25N5/c1-14-10-19-7-9-23(14)17-5-2-4-15-16(17)11-21-12-18(15)22-8-3-6-20-13-22/h2,4-5,11-12,14,19-20H,3,6-10,13H2,1H3/t14-/m1/s1. The van der Waals surface area contributed by atoms with E-state index >= 15 is 0 Å². The van der Waals surface area contributed by atoms with E-state index in [9.17, 15) is 0 Å². The van der Waals surface area contributed by atoms with Crippen LogP contribution >= 0.6 is 0 Å². The molecule has 0 amide bonds. The topological polar surface area (TPSA) is 43.4 Å². The molecule has 2 aromatic rings. The summed E-state index contributed by atoms with van der Waals surface area (Å²) < 4.78 is 0. The van der Waals surface area contributed by atoms with Gasteiger partial charge >= 0.3 is 0 Å². The van der Waals surface area contributed by atoms with Gasteiger partial charge in [0.15, 0.2) is 0 Å². The van der Waals surface area contributed by atoms with Gasteiger partial charge in [-0.05, 0) is 26.0 Å². The highest BCUT2D eigenvalue weighted by molar-refractivity contribution is 6.01. The van der Waals surface area contributed by atoms with Crippen molar-refractivity contribution in [3.8, 4) is 0 Å². The Morgan fingerprint density at radius 2 is 2.00 bits per heavy atom. The average Bonchev–Trinajstić information content (AvgIpc) is 2.62. The predicted molar refractivity (Wildman–Crippen MR) is 96.3 cm³/mol. The molecule has 0 saturated carbocycles. The van der Waals surface area contributed by atoms with E-state index in [2.05, 4.69) is 50.5 Å². The van der Waals surface area contributed by atoms with Crippen LogP contribution in [0.2, 0.25) is 0 Å². The number of nitrogens with zero attached hydrogens (tertiary/aromatic N) is 3. The summed E-state index contributed by atoms with van der Waals surface area (Å²) in [6.45, 7) is 8.55. The van der Waals surface area contributed by atoms with Crippen LogP contribution in [0.1, 0.15) is 13.3 Å². The molecule has 2 aliphatic rings. The van der Waals surface area contributed by atoms with E-state index in [1.807, 2.05) is 12.4 Å². The predicted octanol–water partition coefficient (Wildman–Crippen LogP) is 1.79. The van der Waals surface area contributed by atoms with Crippen molar-refractivity contribution >= 4 is 22.1 Å². The van der Waals surface area contributed by atoms with Gasteiger partial charge < -0.3 is 15.1 Å². The molecule has 3 heterocycles. The largest absolute Gasteiger partial charge is 0.366 e. The summed E-state index contributed by atoms with van der Waals surface area (Å²) in [5, 5.41) is 9.51. The third kappa shape index (κ3) is 2.75. The van der Waals surface area contributed by atoms with E-state index in [4.69, 9.17) is 0 Å². The Kier molecular flexibility index (Phi) is 4.06. The van der Waals surface area contributed by atoms with Crippen molar-refractivity contribution in [1.82, 2.24) is 15.6 Å². The molecule has 23 heavy (non-hydrogen) atoms. The first-order chi connectivity index (χ1) is 11.3. The highest BCUT2D eigenvalue weighted by atomic mass is 15.2. The van der Waals surface area contributed by atoms with Crippen LogP contribution in [0.3, 0.4) is 0 Å². The van der Waals surface area contributed by atoms with Gasteiger partial charge in [-0.15, -0.1) is 0 Å². The van der Waals surface area contributed by atoms with Gasteiger partial charge in [0.1, 0.15) is 0 Å². The number of anilines is 2. The SMILES string of the molecule is C[C@@H]1CNCCN1c1cccc2c(N3CCCNC3)cncc12. The van der Waals surface area contributed by atoms with E-state index in [1.54, 1.807) is 0 Å². The van der Waals surface area contributed by atoms with E-state index in [0.717, 1.165) is 39.4 Å². The maximum atomic E-state index is 4.56. The molecular weight excluding hydrogens is 286 g/mol. The quantitative estimate of drug-likeness (QED) is 0.885. The first-order valence-corrected chi connectivity index (χ1v) is 8.64. The van der Waals surface area contributed by atoms with Crippen LogP contribution in [0.5, 0.6) is 0 Å². The van der Waals surface area contributed by atoms with Gasteiger partial charge in [-0.3, -0.25) is 10.3 Å². The van der Waals surface area contributed by atoms with Gasteiger partial charge in [0.2, 0.25) is 0 Å². The van der Waals surface area contributed by atoms with Gasteiger partial charge in [-0.25, -0.2) is 0 Å². The van der Waals surface area contributed by atoms with Crippen molar-refractivity contribution in [2.75, 3.05) is 49.2 Å². The van der Waals surface area contributed by atoms with Crippen LogP contribution in [0.15, 0.2) is 30.6 Å². The number of hydrogen-bond acceptors (Lipinski definition) is 5. The highest BCUT2D eigenvalue weighted by Crippen LogP contribution is 2.33. The second-order valence-corrected chi connectivity index (χ2v) is 6.55. The fourth-order valence-electron chi connectivity index (χ4n) is 3.76. The molecule has 0 unspecified atom stereocenters. The van der Waals surface area contributed by atoms with Crippen LogP contribution in [0.25, 0.3) is 10.8 Å². The summed E-state index contributed by atoms with van der Waals surface area (Å²) in [5.74, 6) is 0. The minimum atomic E-state index is 0.509. The zero-order chi connectivity index (χ0) is 15.6. The number of aromatic nitrogens is 1. The van der Waals surface area contributed by atoms with Crippen molar-refractivity contribution in [3.05, 3.63) is 30.6 Å². The number of piperazine rings is 1. The lowest BCUT2D eigenvalue weighted by Crippen LogP contribution is -2.50. The first-order valence-electron chi connectivity index (χ1n) is 8.64. The van der Waals surface area contributed by atoms with Crippen LogP contribution < -0.4 is 20.4 Å². The van der Waals surface area contributed by atoms with Crippen molar-refractivity contribution in [1.29, 1.82) is 0 Å². The third-order valence-electron chi connectivity index (χ3n) is 5.00. The van der Waals surface area contributed by atoms with E-state index in [0.29, 0.717) is 6.04 Å². The second kappa shape index (κ2) is 6.34. The lowest BCUT2D eigenvalue weighted by atomic mass is 10.1. The van der Waals surface area contributed by atoms with Gasteiger partial charge in [-0.2, -0.15) is 0 Å². The Labute approximate surface area is 137 Å². The molecule has 0 radical (unpaired) electrons. The molecule has 122 valence electrons. The molecule has 2 fully saturated rings. The van der Waals surface area contributed by atoms with Crippen LogP contribution in [-0.4, -0.2) is 50.4 Å². The second-order valence-electron chi connectivity index (χ2n) is 6.55. The molecular formula is C18H25N5. The molecule has 0 spiro atoms. The summed E-state index contributed by atoms with van der Waals surface area (Å²) in [5.41, 5.74) is 2.56. The minimum absolute atomic E-state index is 0.509. The monoisotopic (exact) mass is 311 g/mol. The van der Waals surface area contributed by atoms with E-state index in [1.165, 1.54) is 28.6 Å². The van der Waals surface area contributed by atoms with Crippen LogP contribution in [-0.2, 0) is 0 Å². The van der Waals surface area contributed by atoms with Gasteiger partial charge in [0.25, 0.3) is 0 Å². The molecule has 0 aliphatic carbocycles. The summed E-state index contributed by atoms with van der Waals surface area (Å²) in [6, 6.07) is 7.17. The fourth-order valence-corrected chi connectivity index (χ4v) is 3.76. The lowest BCUT2D eigenvalue weighted by molar-refractivity contribution is 0.502. The number of hydrogen-bond donors (Lipinski definition) is 2. The normalized spacial score (nSPS) is 22.6. The Bertz CT molecular complexity index is 680. The Morgan fingerprint density at radius 3 is 2.83 bits per heavy atom. The molecule has 1 aromatic carbocycles. The maximum Gasteiger partial charge on any atom is 0.0682 e. The smallest absolute Gasteiger partial charge is 0.0682 e. The van der Waals surface area contributed by atoms with Gasteiger partial charge in [0, 0.05) is 54.9 Å². The van der Waals surface area contributed by atoms with Gasteiger partial charge in [0.05, 0.1) is 18.6 Å². The zero-order valence-electron chi connectivity index (χ0n) is 13.8. The van der Waals surface area contributed by atoms with E-state index in [-0.39, 0.29) is 0 Å². The number of benzene rings is 1.